The molecule has 2 amide bonds. The van der Waals surface area contributed by atoms with E-state index in [-0.39, 0.29) is 24.4 Å². The predicted molar refractivity (Wildman–Crippen MR) is 118 cm³/mol. The second kappa shape index (κ2) is 7.89. The van der Waals surface area contributed by atoms with Gasteiger partial charge in [0.2, 0.25) is 0 Å². The molecule has 1 atom stereocenters. The van der Waals surface area contributed by atoms with Crippen LogP contribution in [-0.2, 0) is 16.0 Å². The number of hydrogen-bond acceptors (Lipinski definition) is 7. The molecule has 3 aliphatic rings. The Hall–Kier alpha value is -3.49. The Balaban J connectivity index is 1.65. The van der Waals surface area contributed by atoms with Crippen molar-refractivity contribution >= 4 is 28.8 Å². The Morgan fingerprint density at radius 3 is 2.78 bits per heavy atom. The largest absolute Gasteiger partial charge is 0.491 e. The van der Waals surface area contributed by atoms with Crippen molar-refractivity contribution in [2.45, 2.75) is 12.5 Å². The lowest BCUT2D eigenvalue weighted by molar-refractivity contribution is -0.123. The number of hydrogen-bond donors (Lipinski definition) is 2. The molecule has 164 valence electrons. The van der Waals surface area contributed by atoms with E-state index in [0.717, 1.165) is 24.1 Å². The lowest BCUT2D eigenvalue weighted by atomic mass is 9.82. The minimum atomic E-state index is -0.763. The zero-order chi connectivity index (χ0) is 22.4. The number of rotatable bonds is 6. The Morgan fingerprint density at radius 2 is 2.00 bits per heavy atom. The number of ether oxygens (including phenoxy) is 2. The number of nitrogens with zero attached hydrogens (tertiary/aromatic N) is 2. The van der Waals surface area contributed by atoms with Gasteiger partial charge in [-0.15, -0.1) is 0 Å². The van der Waals surface area contributed by atoms with Crippen molar-refractivity contribution in [3.05, 3.63) is 58.7 Å². The molecule has 0 saturated carbocycles. The molecule has 0 bridgehead atoms. The lowest BCUT2D eigenvalue weighted by Gasteiger charge is -2.32. The fraction of sp³-hybridized carbons (Fsp3) is 0.292. The van der Waals surface area contributed by atoms with Crippen molar-refractivity contribution in [2.75, 3.05) is 33.9 Å². The van der Waals surface area contributed by atoms with Crippen molar-refractivity contribution in [1.29, 1.82) is 0 Å². The van der Waals surface area contributed by atoms with Crippen LogP contribution in [0.2, 0.25) is 0 Å². The molecule has 8 nitrogen and oxygen atoms in total. The van der Waals surface area contributed by atoms with Crippen LogP contribution >= 0.6 is 0 Å². The van der Waals surface area contributed by atoms with Gasteiger partial charge in [0.15, 0.2) is 6.10 Å². The average molecular weight is 433 g/mol. The highest BCUT2D eigenvalue weighted by molar-refractivity contribution is 6.41. The normalized spacial score (nSPS) is 18.4. The first-order valence-corrected chi connectivity index (χ1v) is 10.5. The molecule has 2 aromatic carbocycles. The van der Waals surface area contributed by atoms with Crippen LogP contribution in [0.5, 0.6) is 11.5 Å². The molecule has 0 fully saturated rings. The van der Waals surface area contributed by atoms with E-state index in [1.807, 2.05) is 38.4 Å². The minimum absolute atomic E-state index is 0.125. The third kappa shape index (κ3) is 3.28. The number of amides is 2. The SMILES string of the molecule is CN(C)CCc1cccc2c1OC1C(=N2)c2ccc(OCCO)cc2C2=C1C(=O)NC2=O. The smallest absolute Gasteiger partial charge is 0.259 e. The van der Waals surface area contributed by atoms with Crippen molar-refractivity contribution < 1.29 is 24.2 Å². The summed E-state index contributed by atoms with van der Waals surface area (Å²) in [6.45, 7) is 0.846. The molecule has 1 aliphatic carbocycles. The number of fused-ring (bicyclic) bond motifs is 6. The molecule has 0 spiro atoms. The van der Waals surface area contributed by atoms with Crippen LogP contribution in [0.3, 0.4) is 0 Å². The molecule has 0 aromatic heterocycles. The zero-order valence-electron chi connectivity index (χ0n) is 17.8. The summed E-state index contributed by atoms with van der Waals surface area (Å²) in [7, 11) is 4.02. The topological polar surface area (TPSA) is 100 Å². The van der Waals surface area contributed by atoms with Crippen molar-refractivity contribution in [3.8, 4) is 11.5 Å². The van der Waals surface area contributed by atoms with Crippen LogP contribution in [0.15, 0.2) is 47.0 Å². The Labute approximate surface area is 185 Å². The monoisotopic (exact) mass is 433 g/mol. The van der Waals surface area contributed by atoms with Crippen molar-refractivity contribution in [2.24, 2.45) is 4.99 Å². The van der Waals surface area contributed by atoms with Crippen LogP contribution < -0.4 is 14.8 Å². The second-order valence-corrected chi connectivity index (χ2v) is 8.16. The predicted octanol–water partition coefficient (Wildman–Crippen LogP) is 1.47. The molecular formula is C24H23N3O5. The van der Waals surface area contributed by atoms with E-state index in [0.29, 0.717) is 28.5 Å². The van der Waals surface area contributed by atoms with Crippen LogP contribution in [0, 0.1) is 0 Å². The van der Waals surface area contributed by atoms with E-state index in [9.17, 15) is 9.59 Å². The van der Waals surface area contributed by atoms with Gasteiger partial charge in [0.05, 0.1) is 23.5 Å². The minimum Gasteiger partial charge on any atom is -0.491 e. The van der Waals surface area contributed by atoms with E-state index < -0.39 is 17.9 Å². The first-order valence-electron chi connectivity index (χ1n) is 10.5. The highest BCUT2D eigenvalue weighted by Crippen LogP contribution is 2.45. The van der Waals surface area contributed by atoms with Gasteiger partial charge in [-0.2, -0.15) is 0 Å². The molecule has 8 heteroatoms. The first kappa shape index (κ1) is 20.4. The summed E-state index contributed by atoms with van der Waals surface area (Å²) in [5, 5.41) is 11.4. The molecule has 2 heterocycles. The molecule has 32 heavy (non-hydrogen) atoms. The summed E-state index contributed by atoms with van der Waals surface area (Å²) >= 11 is 0. The number of aliphatic hydroxyl groups is 1. The number of carbonyl (C=O) groups excluding carboxylic acids is 2. The Kier molecular flexibility index (Phi) is 5.03. The van der Waals surface area contributed by atoms with Gasteiger partial charge in [0.1, 0.15) is 23.8 Å². The quantitative estimate of drug-likeness (QED) is 0.670. The number of nitrogens with one attached hydrogen (secondary N) is 1. The maximum Gasteiger partial charge on any atom is 0.259 e. The third-order valence-corrected chi connectivity index (χ3v) is 5.76. The Morgan fingerprint density at radius 1 is 1.16 bits per heavy atom. The average Bonchev–Trinajstić information content (AvgIpc) is 3.09. The number of aliphatic hydroxyl groups excluding tert-OH is 1. The van der Waals surface area contributed by atoms with Crippen molar-refractivity contribution in [3.63, 3.8) is 0 Å². The van der Waals surface area contributed by atoms with E-state index in [2.05, 4.69) is 10.2 Å². The van der Waals surface area contributed by atoms with Gasteiger partial charge in [-0.3, -0.25) is 14.9 Å². The standard InChI is InChI=1S/C24H23N3O5/c1-27(2)9-8-13-4-3-5-17-21(13)32-22-19-18(23(29)26-24(19)30)16-12-14(31-11-10-28)6-7-15(16)20(22)25-17/h3-7,12,22,28H,8-11H2,1-2H3,(H,26,29,30). The highest BCUT2D eigenvalue weighted by Gasteiger charge is 2.46. The van der Waals surface area contributed by atoms with Gasteiger partial charge in [0, 0.05) is 17.7 Å². The maximum absolute atomic E-state index is 12.8. The molecule has 2 N–H and O–H groups in total. The van der Waals surface area contributed by atoms with Crippen LogP contribution in [-0.4, -0.2) is 67.5 Å². The van der Waals surface area contributed by atoms with Crippen molar-refractivity contribution in [1.82, 2.24) is 10.2 Å². The third-order valence-electron chi connectivity index (χ3n) is 5.76. The molecule has 5 rings (SSSR count). The molecular weight excluding hydrogens is 410 g/mol. The van der Waals surface area contributed by atoms with E-state index >= 15 is 0 Å². The summed E-state index contributed by atoms with van der Waals surface area (Å²) in [5.74, 6) is 0.219. The first-order chi connectivity index (χ1) is 15.5. The van der Waals surface area contributed by atoms with Gasteiger partial charge in [-0.1, -0.05) is 12.1 Å². The van der Waals surface area contributed by atoms with Gasteiger partial charge in [-0.05, 0) is 50.3 Å². The summed E-state index contributed by atoms with van der Waals surface area (Å²) in [6.07, 6.45) is 0.00795. The van der Waals surface area contributed by atoms with E-state index in [1.165, 1.54) is 0 Å². The molecule has 0 radical (unpaired) electrons. The molecule has 0 saturated heterocycles. The maximum atomic E-state index is 12.8. The highest BCUT2D eigenvalue weighted by atomic mass is 16.5. The Bertz CT molecular complexity index is 1200. The zero-order valence-corrected chi connectivity index (χ0v) is 17.8. The number of imide groups is 1. The number of aliphatic imine (C=N–C) groups is 1. The number of carbonyl (C=O) groups is 2. The molecule has 1 unspecified atom stereocenters. The van der Waals surface area contributed by atoms with E-state index in [4.69, 9.17) is 19.6 Å². The summed E-state index contributed by atoms with van der Waals surface area (Å²) in [5.41, 5.74) is 4.15. The van der Waals surface area contributed by atoms with Crippen LogP contribution in [0.4, 0.5) is 5.69 Å². The summed E-state index contributed by atoms with van der Waals surface area (Å²) in [4.78, 5) is 32.4. The second-order valence-electron chi connectivity index (χ2n) is 8.16. The van der Waals surface area contributed by atoms with E-state index in [1.54, 1.807) is 12.1 Å². The van der Waals surface area contributed by atoms with Crippen LogP contribution in [0.25, 0.3) is 5.57 Å². The summed E-state index contributed by atoms with van der Waals surface area (Å²) < 4.78 is 11.9. The molecule has 2 aliphatic heterocycles. The van der Waals surface area contributed by atoms with Crippen LogP contribution in [0.1, 0.15) is 16.7 Å². The number of benzene rings is 2. The van der Waals surface area contributed by atoms with Gasteiger partial charge in [-0.25, -0.2) is 4.99 Å². The number of para-hydroxylation sites is 1. The van der Waals surface area contributed by atoms with Gasteiger partial charge in [0.25, 0.3) is 11.8 Å². The fourth-order valence-corrected chi connectivity index (χ4v) is 4.29. The summed E-state index contributed by atoms with van der Waals surface area (Å²) in [6, 6.07) is 11.1. The lowest BCUT2D eigenvalue weighted by Crippen LogP contribution is -2.39. The van der Waals surface area contributed by atoms with Gasteiger partial charge >= 0.3 is 0 Å². The van der Waals surface area contributed by atoms with Gasteiger partial charge < -0.3 is 19.5 Å². The number of likely N-dealkylation sites (N-methyl/N-ethyl adjacent to an activating group) is 1. The fourth-order valence-electron chi connectivity index (χ4n) is 4.29. The molecule has 2 aromatic rings.